The smallest absolute Gasteiger partial charge is 0.323 e. The molecule has 1 aromatic carbocycles. The number of anilines is 1. The zero-order valence-electron chi connectivity index (χ0n) is 10.9. The molecule has 3 heteroatoms. The Kier molecular flexibility index (Phi) is 5.01. The predicted octanol–water partition coefficient (Wildman–Crippen LogP) is 2.99. The number of hydrogen-bond acceptors (Lipinski definition) is 2. The summed E-state index contributed by atoms with van der Waals surface area (Å²) in [6.07, 6.45) is 2.08. The molecule has 0 spiro atoms. The Hall–Kier alpha value is -1.51. The Balaban J connectivity index is 2.86. The average molecular weight is 235 g/mol. The molecule has 0 unspecified atom stereocenters. The molecule has 0 amide bonds. The van der Waals surface area contributed by atoms with Crippen molar-refractivity contribution in [1.82, 2.24) is 0 Å². The molecule has 1 aromatic rings. The Bertz CT molecular complexity index is 388. The highest BCUT2D eigenvalue weighted by Crippen LogP contribution is 2.19. The van der Waals surface area contributed by atoms with Crippen molar-refractivity contribution in [3.05, 3.63) is 29.3 Å². The molecule has 94 valence electrons. The lowest BCUT2D eigenvalue weighted by atomic mass is 10.1. The first-order chi connectivity index (χ1) is 8.04. The van der Waals surface area contributed by atoms with Crippen molar-refractivity contribution in [3.8, 4) is 0 Å². The molecule has 1 N–H and O–H groups in total. The van der Waals surface area contributed by atoms with Gasteiger partial charge >= 0.3 is 5.97 Å². The van der Waals surface area contributed by atoms with Crippen molar-refractivity contribution >= 4 is 11.7 Å². The molecule has 0 fully saturated rings. The fourth-order valence-corrected chi connectivity index (χ4v) is 1.73. The van der Waals surface area contributed by atoms with Crippen LogP contribution in [0.1, 0.15) is 30.9 Å². The Labute approximate surface area is 103 Å². The normalized spacial score (nSPS) is 10.3. The van der Waals surface area contributed by atoms with E-state index in [-0.39, 0.29) is 6.54 Å². The molecule has 0 aliphatic rings. The van der Waals surface area contributed by atoms with Crippen molar-refractivity contribution in [3.63, 3.8) is 0 Å². The highest BCUT2D eigenvalue weighted by Gasteiger charge is 2.10. The molecular weight excluding hydrogens is 214 g/mol. The second-order valence-corrected chi connectivity index (χ2v) is 4.44. The molecule has 3 nitrogen and oxygen atoms in total. The van der Waals surface area contributed by atoms with Gasteiger partial charge in [0.25, 0.3) is 0 Å². The van der Waals surface area contributed by atoms with Crippen LogP contribution in [0.25, 0.3) is 0 Å². The molecule has 0 aromatic heterocycles. The molecule has 0 atom stereocenters. The molecule has 17 heavy (non-hydrogen) atoms. The molecule has 0 bridgehead atoms. The number of aliphatic carboxylic acids is 1. The maximum Gasteiger partial charge on any atom is 0.323 e. The fourth-order valence-electron chi connectivity index (χ4n) is 1.73. The second kappa shape index (κ2) is 6.28. The van der Waals surface area contributed by atoms with E-state index in [1.165, 1.54) is 11.1 Å². The summed E-state index contributed by atoms with van der Waals surface area (Å²) in [4.78, 5) is 12.8. The van der Waals surface area contributed by atoms with Gasteiger partial charge in [-0.25, -0.2) is 0 Å². The molecule has 0 radical (unpaired) electrons. The van der Waals surface area contributed by atoms with E-state index in [9.17, 15) is 4.79 Å². The monoisotopic (exact) mass is 235 g/mol. The third kappa shape index (κ3) is 4.10. The molecule has 0 heterocycles. The maximum atomic E-state index is 10.9. The minimum atomic E-state index is -0.778. The number of unbranched alkanes of at least 4 members (excludes halogenated alkanes) is 1. The number of nitrogens with zero attached hydrogens (tertiary/aromatic N) is 1. The van der Waals surface area contributed by atoms with Gasteiger partial charge in [-0.15, -0.1) is 0 Å². The summed E-state index contributed by atoms with van der Waals surface area (Å²) in [5.74, 6) is -0.778. The maximum absolute atomic E-state index is 10.9. The van der Waals surface area contributed by atoms with Crippen LogP contribution in [0.4, 0.5) is 5.69 Å². The second-order valence-electron chi connectivity index (χ2n) is 4.44. The van der Waals surface area contributed by atoms with Gasteiger partial charge in [-0.05, 0) is 43.5 Å². The molecule has 0 saturated carbocycles. The van der Waals surface area contributed by atoms with Gasteiger partial charge in [0.2, 0.25) is 0 Å². The van der Waals surface area contributed by atoms with Gasteiger partial charge in [0.1, 0.15) is 6.54 Å². The van der Waals surface area contributed by atoms with Crippen LogP contribution in [0.5, 0.6) is 0 Å². The van der Waals surface area contributed by atoms with E-state index >= 15 is 0 Å². The van der Waals surface area contributed by atoms with Gasteiger partial charge in [0.15, 0.2) is 0 Å². The zero-order valence-corrected chi connectivity index (χ0v) is 10.9. The van der Waals surface area contributed by atoms with Crippen LogP contribution in [0.2, 0.25) is 0 Å². The lowest BCUT2D eigenvalue weighted by Gasteiger charge is -2.23. The summed E-state index contributed by atoms with van der Waals surface area (Å²) in [5.41, 5.74) is 3.44. The van der Waals surface area contributed by atoms with Crippen LogP contribution < -0.4 is 4.90 Å². The first-order valence-electron chi connectivity index (χ1n) is 6.08. The zero-order chi connectivity index (χ0) is 12.8. The van der Waals surface area contributed by atoms with E-state index in [1.54, 1.807) is 0 Å². The molecule has 0 aliphatic carbocycles. The number of aryl methyl sites for hydroxylation is 2. The van der Waals surface area contributed by atoms with E-state index in [0.717, 1.165) is 25.1 Å². The summed E-state index contributed by atoms with van der Waals surface area (Å²) >= 11 is 0. The van der Waals surface area contributed by atoms with E-state index in [1.807, 2.05) is 17.0 Å². The first-order valence-corrected chi connectivity index (χ1v) is 6.08. The van der Waals surface area contributed by atoms with Crippen molar-refractivity contribution < 1.29 is 9.90 Å². The third-order valence-electron chi connectivity index (χ3n) is 2.96. The summed E-state index contributed by atoms with van der Waals surface area (Å²) < 4.78 is 0. The van der Waals surface area contributed by atoms with Crippen LogP contribution in [-0.2, 0) is 4.79 Å². The molecular formula is C14H21NO2. The average Bonchev–Trinajstić information content (AvgIpc) is 2.27. The summed E-state index contributed by atoms with van der Waals surface area (Å²) in [5, 5.41) is 8.93. The summed E-state index contributed by atoms with van der Waals surface area (Å²) in [6.45, 7) is 7.09. The van der Waals surface area contributed by atoms with Gasteiger partial charge in [-0.3, -0.25) is 4.79 Å². The van der Waals surface area contributed by atoms with Gasteiger partial charge in [0.05, 0.1) is 0 Å². The van der Waals surface area contributed by atoms with Gasteiger partial charge < -0.3 is 10.0 Å². The number of hydrogen-bond donors (Lipinski definition) is 1. The van der Waals surface area contributed by atoms with Crippen LogP contribution in [-0.4, -0.2) is 24.2 Å². The van der Waals surface area contributed by atoms with Gasteiger partial charge in [-0.1, -0.05) is 19.4 Å². The Morgan fingerprint density at radius 2 is 2.00 bits per heavy atom. The number of carboxylic acids is 1. The SMILES string of the molecule is CCCCN(CC(=O)O)c1ccc(C)c(C)c1. The van der Waals surface area contributed by atoms with E-state index < -0.39 is 5.97 Å². The number of benzene rings is 1. The van der Waals surface area contributed by atoms with E-state index in [0.29, 0.717) is 0 Å². The predicted molar refractivity (Wildman–Crippen MR) is 70.7 cm³/mol. The minimum absolute atomic E-state index is 0.0719. The third-order valence-corrected chi connectivity index (χ3v) is 2.96. The van der Waals surface area contributed by atoms with Gasteiger partial charge in [0, 0.05) is 12.2 Å². The van der Waals surface area contributed by atoms with Crippen LogP contribution in [0, 0.1) is 13.8 Å². The number of carbonyl (C=O) groups is 1. The van der Waals surface area contributed by atoms with Crippen LogP contribution in [0.3, 0.4) is 0 Å². The van der Waals surface area contributed by atoms with Crippen molar-refractivity contribution in [2.24, 2.45) is 0 Å². The largest absolute Gasteiger partial charge is 0.480 e. The highest BCUT2D eigenvalue weighted by atomic mass is 16.4. The number of rotatable bonds is 6. The van der Waals surface area contributed by atoms with E-state index in [4.69, 9.17) is 5.11 Å². The van der Waals surface area contributed by atoms with Crippen LogP contribution in [0.15, 0.2) is 18.2 Å². The molecule has 0 saturated heterocycles. The van der Waals surface area contributed by atoms with Crippen molar-refractivity contribution in [2.45, 2.75) is 33.6 Å². The lowest BCUT2D eigenvalue weighted by molar-refractivity contribution is -0.135. The van der Waals surface area contributed by atoms with Crippen molar-refractivity contribution in [1.29, 1.82) is 0 Å². The topological polar surface area (TPSA) is 40.5 Å². The number of carboxylic acid groups (broad SMARTS) is 1. The standard InChI is InChI=1S/C14H21NO2/c1-4-5-8-15(10-14(16)17)13-7-6-11(2)12(3)9-13/h6-7,9H,4-5,8,10H2,1-3H3,(H,16,17). The van der Waals surface area contributed by atoms with Crippen molar-refractivity contribution in [2.75, 3.05) is 18.0 Å². The van der Waals surface area contributed by atoms with Gasteiger partial charge in [-0.2, -0.15) is 0 Å². The first kappa shape index (κ1) is 13.6. The lowest BCUT2D eigenvalue weighted by Crippen LogP contribution is -2.30. The Morgan fingerprint density at radius 3 is 2.53 bits per heavy atom. The highest BCUT2D eigenvalue weighted by molar-refractivity contribution is 5.73. The fraction of sp³-hybridized carbons (Fsp3) is 0.500. The molecule has 1 rings (SSSR count). The minimum Gasteiger partial charge on any atom is -0.480 e. The quantitative estimate of drug-likeness (QED) is 0.824. The van der Waals surface area contributed by atoms with E-state index in [2.05, 4.69) is 26.8 Å². The Morgan fingerprint density at radius 1 is 1.29 bits per heavy atom. The van der Waals surface area contributed by atoms with Crippen LogP contribution >= 0.6 is 0 Å². The summed E-state index contributed by atoms with van der Waals surface area (Å²) in [6, 6.07) is 6.11. The summed E-state index contributed by atoms with van der Waals surface area (Å²) in [7, 11) is 0. The molecule has 0 aliphatic heterocycles.